The number of aliphatic carboxylic acids is 1. The van der Waals surface area contributed by atoms with Crippen molar-refractivity contribution in [3.05, 3.63) is 30.2 Å². The molecule has 2 N–H and O–H groups in total. The van der Waals surface area contributed by atoms with Crippen molar-refractivity contribution in [2.24, 2.45) is 0 Å². The van der Waals surface area contributed by atoms with E-state index in [1.165, 1.54) is 0 Å². The molecule has 1 aliphatic rings. The van der Waals surface area contributed by atoms with Gasteiger partial charge in [0.15, 0.2) is 0 Å². The van der Waals surface area contributed by atoms with E-state index in [4.69, 9.17) is 5.11 Å². The van der Waals surface area contributed by atoms with Gasteiger partial charge in [-0.3, -0.25) is 4.79 Å². The monoisotopic (exact) mass is 260 g/mol. The first-order valence-electron chi connectivity index (χ1n) is 6.37. The van der Waals surface area contributed by atoms with Crippen LogP contribution in [-0.2, 0) is 11.2 Å². The standard InChI is InChI=1S/C13H16N4O2/c18-13(19)7-10-8-17-9-11(1-2-12(17)15-10)16-5-3-14-4-6-16/h1-2,8-9,14H,3-7H2,(H,18,19). The number of hydrogen-bond donors (Lipinski definition) is 2. The minimum atomic E-state index is -0.856. The van der Waals surface area contributed by atoms with E-state index in [-0.39, 0.29) is 6.42 Å². The minimum absolute atomic E-state index is 0.0371. The summed E-state index contributed by atoms with van der Waals surface area (Å²) < 4.78 is 1.90. The fraction of sp³-hybridized carbons (Fsp3) is 0.385. The van der Waals surface area contributed by atoms with Gasteiger partial charge in [-0.1, -0.05) is 0 Å². The van der Waals surface area contributed by atoms with Crippen molar-refractivity contribution in [2.45, 2.75) is 6.42 Å². The number of nitrogens with zero attached hydrogens (tertiary/aromatic N) is 3. The van der Waals surface area contributed by atoms with Crippen LogP contribution in [0.5, 0.6) is 0 Å². The van der Waals surface area contributed by atoms with Crippen LogP contribution in [-0.4, -0.2) is 46.6 Å². The van der Waals surface area contributed by atoms with Crippen molar-refractivity contribution in [1.82, 2.24) is 14.7 Å². The predicted molar refractivity (Wildman–Crippen MR) is 71.6 cm³/mol. The van der Waals surface area contributed by atoms with Gasteiger partial charge in [-0.05, 0) is 12.1 Å². The number of carboxylic acids is 1. The maximum absolute atomic E-state index is 10.7. The Kier molecular flexibility index (Phi) is 3.08. The summed E-state index contributed by atoms with van der Waals surface area (Å²) >= 11 is 0. The van der Waals surface area contributed by atoms with Crippen LogP contribution in [0.4, 0.5) is 5.69 Å². The minimum Gasteiger partial charge on any atom is -0.481 e. The number of nitrogens with one attached hydrogen (secondary N) is 1. The molecule has 0 radical (unpaired) electrons. The Morgan fingerprint density at radius 1 is 1.32 bits per heavy atom. The summed E-state index contributed by atoms with van der Waals surface area (Å²) in [4.78, 5) is 17.3. The zero-order valence-corrected chi connectivity index (χ0v) is 10.5. The molecule has 1 aliphatic heterocycles. The first kappa shape index (κ1) is 12.0. The Morgan fingerprint density at radius 2 is 2.11 bits per heavy atom. The molecule has 0 bridgehead atoms. The zero-order valence-electron chi connectivity index (χ0n) is 10.5. The molecule has 3 heterocycles. The van der Waals surface area contributed by atoms with Gasteiger partial charge in [0.05, 0.1) is 17.8 Å². The highest BCUT2D eigenvalue weighted by atomic mass is 16.4. The van der Waals surface area contributed by atoms with Crippen LogP contribution in [0.25, 0.3) is 5.65 Å². The van der Waals surface area contributed by atoms with Crippen molar-refractivity contribution in [3.8, 4) is 0 Å². The summed E-state index contributed by atoms with van der Waals surface area (Å²) in [6, 6.07) is 3.97. The molecule has 6 nitrogen and oxygen atoms in total. The van der Waals surface area contributed by atoms with Gasteiger partial charge >= 0.3 is 5.97 Å². The summed E-state index contributed by atoms with van der Waals surface area (Å²) in [5.74, 6) is -0.856. The van der Waals surface area contributed by atoms with E-state index in [1.54, 1.807) is 6.20 Å². The van der Waals surface area contributed by atoms with Gasteiger partial charge in [0.25, 0.3) is 0 Å². The number of pyridine rings is 1. The molecule has 0 amide bonds. The number of carboxylic acid groups (broad SMARTS) is 1. The molecule has 100 valence electrons. The van der Waals surface area contributed by atoms with Crippen LogP contribution in [0.3, 0.4) is 0 Å². The number of piperazine rings is 1. The van der Waals surface area contributed by atoms with Gasteiger partial charge in [0, 0.05) is 38.6 Å². The Hall–Kier alpha value is -2.08. The molecular formula is C13H16N4O2. The van der Waals surface area contributed by atoms with E-state index in [2.05, 4.69) is 15.2 Å². The molecule has 0 aromatic carbocycles. The SMILES string of the molecule is O=C(O)Cc1cn2cc(N3CCNCC3)ccc2n1. The fourth-order valence-corrected chi connectivity index (χ4v) is 2.38. The van der Waals surface area contributed by atoms with Crippen molar-refractivity contribution >= 4 is 17.3 Å². The van der Waals surface area contributed by atoms with Gasteiger partial charge in [0.1, 0.15) is 5.65 Å². The maximum Gasteiger partial charge on any atom is 0.309 e. The molecule has 0 spiro atoms. The summed E-state index contributed by atoms with van der Waals surface area (Å²) in [5, 5.41) is 12.1. The van der Waals surface area contributed by atoms with Crippen LogP contribution >= 0.6 is 0 Å². The first-order chi connectivity index (χ1) is 9.22. The van der Waals surface area contributed by atoms with Gasteiger partial charge < -0.3 is 19.7 Å². The second kappa shape index (κ2) is 4.89. The third-order valence-corrected chi connectivity index (χ3v) is 3.30. The summed E-state index contributed by atoms with van der Waals surface area (Å²) in [7, 11) is 0. The molecule has 0 aliphatic carbocycles. The lowest BCUT2D eigenvalue weighted by Gasteiger charge is -2.29. The lowest BCUT2D eigenvalue weighted by atomic mass is 10.3. The molecule has 2 aromatic rings. The normalized spacial score (nSPS) is 15.9. The van der Waals surface area contributed by atoms with Crippen LogP contribution in [0.1, 0.15) is 5.69 Å². The molecule has 1 fully saturated rings. The second-order valence-corrected chi connectivity index (χ2v) is 4.69. The van der Waals surface area contributed by atoms with Crippen molar-refractivity contribution in [3.63, 3.8) is 0 Å². The Labute approximate surface area is 110 Å². The van der Waals surface area contributed by atoms with Crippen LogP contribution < -0.4 is 10.2 Å². The number of carbonyl (C=O) groups is 1. The predicted octanol–water partition coefficient (Wildman–Crippen LogP) is 0.371. The van der Waals surface area contributed by atoms with E-state index in [0.717, 1.165) is 37.5 Å². The molecular weight excluding hydrogens is 244 g/mol. The van der Waals surface area contributed by atoms with Crippen LogP contribution in [0.15, 0.2) is 24.5 Å². The van der Waals surface area contributed by atoms with Gasteiger partial charge in [-0.2, -0.15) is 0 Å². The highest BCUT2D eigenvalue weighted by Gasteiger charge is 2.12. The Bertz CT molecular complexity index is 602. The molecule has 0 unspecified atom stereocenters. The zero-order chi connectivity index (χ0) is 13.2. The summed E-state index contributed by atoms with van der Waals surface area (Å²) in [6.07, 6.45) is 3.76. The smallest absolute Gasteiger partial charge is 0.309 e. The Balaban J connectivity index is 1.89. The third kappa shape index (κ3) is 2.53. The van der Waals surface area contributed by atoms with E-state index in [0.29, 0.717) is 5.69 Å². The lowest BCUT2D eigenvalue weighted by Crippen LogP contribution is -2.43. The number of anilines is 1. The molecule has 1 saturated heterocycles. The molecule has 0 atom stereocenters. The van der Waals surface area contributed by atoms with E-state index in [1.807, 2.05) is 22.7 Å². The average Bonchev–Trinajstić information content (AvgIpc) is 2.79. The van der Waals surface area contributed by atoms with Crippen LogP contribution in [0, 0.1) is 0 Å². The lowest BCUT2D eigenvalue weighted by molar-refractivity contribution is -0.136. The van der Waals surface area contributed by atoms with Crippen molar-refractivity contribution in [2.75, 3.05) is 31.1 Å². The molecule has 2 aromatic heterocycles. The average molecular weight is 260 g/mol. The van der Waals surface area contributed by atoms with Gasteiger partial charge in [-0.25, -0.2) is 4.98 Å². The molecule has 3 rings (SSSR count). The number of fused-ring (bicyclic) bond motifs is 1. The topological polar surface area (TPSA) is 69.9 Å². The fourth-order valence-electron chi connectivity index (χ4n) is 2.38. The number of aromatic nitrogens is 2. The molecule has 6 heteroatoms. The van der Waals surface area contributed by atoms with Gasteiger partial charge in [-0.15, -0.1) is 0 Å². The first-order valence-corrected chi connectivity index (χ1v) is 6.37. The highest BCUT2D eigenvalue weighted by Crippen LogP contribution is 2.17. The highest BCUT2D eigenvalue weighted by molar-refractivity contribution is 5.70. The Morgan fingerprint density at radius 3 is 2.84 bits per heavy atom. The second-order valence-electron chi connectivity index (χ2n) is 4.69. The van der Waals surface area contributed by atoms with E-state index >= 15 is 0 Å². The van der Waals surface area contributed by atoms with Crippen LogP contribution in [0.2, 0.25) is 0 Å². The quantitative estimate of drug-likeness (QED) is 0.834. The van der Waals surface area contributed by atoms with Crippen molar-refractivity contribution < 1.29 is 9.90 Å². The number of hydrogen-bond acceptors (Lipinski definition) is 4. The molecule has 19 heavy (non-hydrogen) atoms. The summed E-state index contributed by atoms with van der Waals surface area (Å²) in [6.45, 7) is 3.96. The summed E-state index contributed by atoms with van der Waals surface area (Å²) in [5.41, 5.74) is 2.52. The molecule has 0 saturated carbocycles. The van der Waals surface area contributed by atoms with E-state index < -0.39 is 5.97 Å². The van der Waals surface area contributed by atoms with E-state index in [9.17, 15) is 4.79 Å². The van der Waals surface area contributed by atoms with Crippen molar-refractivity contribution in [1.29, 1.82) is 0 Å². The maximum atomic E-state index is 10.7. The number of rotatable bonds is 3. The number of imidazole rings is 1. The third-order valence-electron chi connectivity index (χ3n) is 3.30. The largest absolute Gasteiger partial charge is 0.481 e. The van der Waals surface area contributed by atoms with Gasteiger partial charge in [0.2, 0.25) is 0 Å².